The molecule has 0 fully saturated rings. The third kappa shape index (κ3) is 2.76. The van der Waals surface area contributed by atoms with Gasteiger partial charge in [0.15, 0.2) is 0 Å². The molecule has 0 spiro atoms. The Labute approximate surface area is 111 Å². The molecule has 0 aliphatic rings. The van der Waals surface area contributed by atoms with Crippen molar-refractivity contribution in [3.8, 4) is 0 Å². The molecule has 2 heterocycles. The smallest absolute Gasteiger partial charge is 0.0945 e. The van der Waals surface area contributed by atoms with Crippen LogP contribution >= 0.6 is 11.8 Å². The van der Waals surface area contributed by atoms with Crippen molar-refractivity contribution >= 4 is 11.8 Å². The molecule has 0 aliphatic heterocycles. The molecule has 0 amide bonds. The molecule has 6 heteroatoms. The van der Waals surface area contributed by atoms with Crippen LogP contribution in [0.3, 0.4) is 0 Å². The van der Waals surface area contributed by atoms with E-state index in [9.17, 15) is 0 Å². The highest BCUT2D eigenvalue weighted by Gasteiger charge is 2.21. The first kappa shape index (κ1) is 13.2. The minimum absolute atomic E-state index is 0.0504. The maximum Gasteiger partial charge on any atom is 0.0945 e. The summed E-state index contributed by atoms with van der Waals surface area (Å²) in [4.78, 5) is 0. The first-order valence-electron chi connectivity index (χ1n) is 5.89. The molecule has 0 saturated heterocycles. The summed E-state index contributed by atoms with van der Waals surface area (Å²) >= 11 is 1.73. The fourth-order valence-electron chi connectivity index (χ4n) is 1.89. The van der Waals surface area contributed by atoms with Crippen molar-refractivity contribution in [1.82, 2.24) is 19.6 Å². The summed E-state index contributed by atoms with van der Waals surface area (Å²) in [5.41, 5.74) is 8.27. The van der Waals surface area contributed by atoms with Crippen molar-refractivity contribution in [2.75, 3.05) is 0 Å². The first-order chi connectivity index (χ1) is 8.47. The summed E-state index contributed by atoms with van der Waals surface area (Å²) in [6.07, 6.45) is 3.90. The van der Waals surface area contributed by atoms with Gasteiger partial charge in [-0.3, -0.25) is 9.36 Å². The Balaban J connectivity index is 2.24. The average molecular weight is 265 g/mol. The number of rotatable bonds is 4. The van der Waals surface area contributed by atoms with Gasteiger partial charge in [0.05, 0.1) is 22.2 Å². The molecule has 0 aliphatic carbocycles. The van der Waals surface area contributed by atoms with Crippen LogP contribution in [0.2, 0.25) is 0 Å². The molecule has 18 heavy (non-hydrogen) atoms. The zero-order chi connectivity index (χ0) is 13.3. The van der Waals surface area contributed by atoms with Crippen molar-refractivity contribution in [2.24, 2.45) is 19.8 Å². The highest BCUT2D eigenvalue weighted by molar-refractivity contribution is 7.99. The average Bonchev–Trinajstić information content (AvgIpc) is 2.81. The van der Waals surface area contributed by atoms with Gasteiger partial charge in [0.25, 0.3) is 0 Å². The van der Waals surface area contributed by atoms with Crippen molar-refractivity contribution in [1.29, 1.82) is 0 Å². The van der Waals surface area contributed by atoms with Gasteiger partial charge in [-0.25, -0.2) is 0 Å². The number of nitrogens with zero attached hydrogens (tertiary/aromatic N) is 4. The summed E-state index contributed by atoms with van der Waals surface area (Å²) in [5, 5.41) is 9.88. The van der Waals surface area contributed by atoms with E-state index in [1.54, 1.807) is 16.4 Å². The Hall–Kier alpha value is -1.27. The Kier molecular flexibility index (Phi) is 3.77. The number of aryl methyl sites for hydroxylation is 3. The van der Waals surface area contributed by atoms with Gasteiger partial charge in [0, 0.05) is 31.9 Å². The largest absolute Gasteiger partial charge is 0.327 e. The normalized spacial score (nSPS) is 14.7. The van der Waals surface area contributed by atoms with Crippen LogP contribution < -0.4 is 5.73 Å². The van der Waals surface area contributed by atoms with E-state index in [1.165, 1.54) is 0 Å². The maximum atomic E-state index is 6.10. The molecule has 0 saturated carbocycles. The van der Waals surface area contributed by atoms with Gasteiger partial charge >= 0.3 is 0 Å². The minimum Gasteiger partial charge on any atom is -0.327 e. The number of aromatic nitrogens is 4. The second-order valence-electron chi connectivity index (χ2n) is 4.59. The van der Waals surface area contributed by atoms with Gasteiger partial charge in [-0.15, -0.1) is 0 Å². The van der Waals surface area contributed by atoms with Crippen LogP contribution in [-0.2, 0) is 14.1 Å². The fourth-order valence-corrected chi connectivity index (χ4v) is 3.06. The molecule has 0 aromatic carbocycles. The molecule has 0 bridgehead atoms. The predicted octanol–water partition coefficient (Wildman–Crippen LogP) is 1.64. The van der Waals surface area contributed by atoms with Gasteiger partial charge in [-0.2, -0.15) is 10.2 Å². The standard InChI is InChI=1S/C12H19N5S/c1-8-5-11(17(4)15-8)18-12(9(2)13)10-6-14-16(3)7-10/h5-7,9,12H,13H2,1-4H3. The topological polar surface area (TPSA) is 61.7 Å². The quantitative estimate of drug-likeness (QED) is 0.854. The number of hydrogen-bond acceptors (Lipinski definition) is 4. The van der Waals surface area contributed by atoms with E-state index in [-0.39, 0.29) is 11.3 Å². The molecular formula is C12H19N5S. The van der Waals surface area contributed by atoms with Crippen molar-refractivity contribution < 1.29 is 0 Å². The molecule has 98 valence electrons. The summed E-state index contributed by atoms with van der Waals surface area (Å²) < 4.78 is 3.70. The van der Waals surface area contributed by atoms with Gasteiger partial charge in [0.2, 0.25) is 0 Å². The SMILES string of the molecule is Cc1cc(SC(c2cnn(C)c2)C(C)N)n(C)n1. The van der Waals surface area contributed by atoms with Crippen molar-refractivity contribution in [2.45, 2.75) is 30.2 Å². The van der Waals surface area contributed by atoms with Crippen molar-refractivity contribution in [3.05, 3.63) is 29.7 Å². The lowest BCUT2D eigenvalue weighted by Gasteiger charge is -2.18. The second-order valence-corrected chi connectivity index (χ2v) is 5.75. The molecule has 0 radical (unpaired) electrons. The van der Waals surface area contributed by atoms with Gasteiger partial charge in [-0.1, -0.05) is 11.8 Å². The number of thioether (sulfide) groups is 1. The van der Waals surface area contributed by atoms with Crippen LogP contribution in [0.1, 0.15) is 23.4 Å². The Bertz CT molecular complexity index is 528. The fraction of sp³-hybridized carbons (Fsp3) is 0.500. The summed E-state index contributed by atoms with van der Waals surface area (Å²) in [7, 11) is 3.87. The van der Waals surface area contributed by atoms with Crippen LogP contribution in [0.25, 0.3) is 0 Å². The van der Waals surface area contributed by atoms with Crippen LogP contribution in [0, 0.1) is 6.92 Å². The number of hydrogen-bond donors (Lipinski definition) is 1. The summed E-state index contributed by atoms with van der Waals surface area (Å²) in [5.74, 6) is 0. The molecule has 2 N–H and O–H groups in total. The highest BCUT2D eigenvalue weighted by atomic mass is 32.2. The van der Waals surface area contributed by atoms with E-state index in [4.69, 9.17) is 5.73 Å². The summed E-state index contributed by atoms with van der Waals surface area (Å²) in [6, 6.07) is 2.13. The first-order valence-corrected chi connectivity index (χ1v) is 6.76. The van der Waals surface area contributed by atoms with Crippen LogP contribution in [0.15, 0.2) is 23.5 Å². The van der Waals surface area contributed by atoms with E-state index in [0.29, 0.717) is 0 Å². The van der Waals surface area contributed by atoms with E-state index in [2.05, 4.69) is 16.3 Å². The lowest BCUT2D eigenvalue weighted by Crippen LogP contribution is -2.22. The third-order valence-corrected chi connectivity index (χ3v) is 4.32. The molecule has 5 nitrogen and oxygen atoms in total. The van der Waals surface area contributed by atoms with Crippen molar-refractivity contribution in [3.63, 3.8) is 0 Å². The highest BCUT2D eigenvalue weighted by Crippen LogP contribution is 2.36. The lowest BCUT2D eigenvalue weighted by molar-refractivity contribution is 0.679. The Morgan fingerprint density at radius 2 is 2.11 bits per heavy atom. The van der Waals surface area contributed by atoms with Crippen LogP contribution in [0.4, 0.5) is 0 Å². The molecule has 2 unspecified atom stereocenters. The van der Waals surface area contributed by atoms with Gasteiger partial charge in [-0.05, 0) is 19.9 Å². The van der Waals surface area contributed by atoms with E-state index < -0.39 is 0 Å². The maximum absolute atomic E-state index is 6.10. The van der Waals surface area contributed by atoms with Crippen LogP contribution in [0.5, 0.6) is 0 Å². The number of nitrogens with two attached hydrogens (primary N) is 1. The molecule has 2 aromatic rings. The molecule has 2 aromatic heterocycles. The Morgan fingerprint density at radius 1 is 1.39 bits per heavy atom. The predicted molar refractivity (Wildman–Crippen MR) is 73.4 cm³/mol. The van der Waals surface area contributed by atoms with E-state index >= 15 is 0 Å². The van der Waals surface area contributed by atoms with Crippen LogP contribution in [-0.4, -0.2) is 25.6 Å². The van der Waals surface area contributed by atoms with E-state index in [1.807, 2.05) is 45.0 Å². The zero-order valence-corrected chi connectivity index (χ0v) is 12.0. The lowest BCUT2D eigenvalue weighted by atomic mass is 10.1. The molecular weight excluding hydrogens is 246 g/mol. The second kappa shape index (κ2) is 5.16. The van der Waals surface area contributed by atoms with Gasteiger partial charge < -0.3 is 5.73 Å². The van der Waals surface area contributed by atoms with E-state index in [0.717, 1.165) is 16.3 Å². The summed E-state index contributed by atoms with van der Waals surface area (Å²) in [6.45, 7) is 4.02. The monoisotopic (exact) mass is 265 g/mol. The molecule has 2 rings (SSSR count). The minimum atomic E-state index is 0.0504. The van der Waals surface area contributed by atoms with Gasteiger partial charge in [0.1, 0.15) is 0 Å². The Morgan fingerprint density at radius 3 is 2.56 bits per heavy atom. The third-order valence-electron chi connectivity index (χ3n) is 2.74. The zero-order valence-electron chi connectivity index (χ0n) is 11.2. The molecule has 2 atom stereocenters.